The van der Waals surface area contributed by atoms with Crippen LogP contribution in [0.5, 0.6) is 0 Å². The molecule has 0 bridgehead atoms. The van der Waals surface area contributed by atoms with E-state index in [4.69, 9.17) is 23.2 Å². The van der Waals surface area contributed by atoms with Gasteiger partial charge < -0.3 is 5.32 Å². The van der Waals surface area contributed by atoms with Crippen LogP contribution in [0.3, 0.4) is 0 Å². The van der Waals surface area contributed by atoms with Crippen LogP contribution in [0.15, 0.2) is 30.3 Å². The van der Waals surface area contributed by atoms with Gasteiger partial charge in [0, 0.05) is 5.02 Å². The Kier molecular flexibility index (Phi) is 3.50. The van der Waals surface area contributed by atoms with E-state index in [1.807, 2.05) is 6.92 Å². The monoisotopic (exact) mass is 270 g/mol. The molecule has 17 heavy (non-hydrogen) atoms. The molecule has 0 unspecified atom stereocenters. The van der Waals surface area contributed by atoms with Crippen LogP contribution < -0.4 is 5.32 Å². The second kappa shape index (κ2) is 4.90. The molecule has 0 amide bonds. The molecule has 2 nitrogen and oxygen atoms in total. The zero-order valence-electron chi connectivity index (χ0n) is 8.97. The van der Waals surface area contributed by atoms with Crippen LogP contribution in [-0.4, -0.2) is 4.98 Å². The third kappa shape index (κ3) is 2.87. The van der Waals surface area contributed by atoms with Gasteiger partial charge in [0.05, 0.1) is 10.7 Å². The molecule has 88 valence electrons. The van der Waals surface area contributed by atoms with Gasteiger partial charge in [-0.15, -0.1) is 0 Å². The summed E-state index contributed by atoms with van der Waals surface area (Å²) in [7, 11) is 0. The van der Waals surface area contributed by atoms with E-state index in [9.17, 15) is 4.39 Å². The first-order valence-electron chi connectivity index (χ1n) is 4.91. The maximum atomic E-state index is 12.9. The second-order valence-corrected chi connectivity index (χ2v) is 4.37. The average Bonchev–Trinajstić information content (AvgIpc) is 2.26. The highest BCUT2D eigenvalue weighted by atomic mass is 35.5. The highest BCUT2D eigenvalue weighted by Crippen LogP contribution is 2.30. The van der Waals surface area contributed by atoms with E-state index in [1.54, 1.807) is 24.3 Å². The molecule has 0 aliphatic carbocycles. The molecule has 0 radical (unpaired) electrons. The van der Waals surface area contributed by atoms with Crippen molar-refractivity contribution in [2.24, 2.45) is 0 Å². The minimum absolute atomic E-state index is 0.381. The van der Waals surface area contributed by atoms with Crippen LogP contribution in [0.1, 0.15) is 5.56 Å². The summed E-state index contributed by atoms with van der Waals surface area (Å²) in [6, 6.07) is 7.91. The molecule has 0 fully saturated rings. The Morgan fingerprint density at radius 1 is 1.18 bits per heavy atom. The Hall–Kier alpha value is -1.32. The van der Waals surface area contributed by atoms with Crippen molar-refractivity contribution in [1.82, 2.24) is 4.98 Å². The topological polar surface area (TPSA) is 24.9 Å². The van der Waals surface area contributed by atoms with Gasteiger partial charge in [-0.05, 0) is 36.8 Å². The molecule has 1 N–H and O–H groups in total. The summed E-state index contributed by atoms with van der Waals surface area (Å²) in [5, 5.41) is 4.02. The molecular weight excluding hydrogens is 262 g/mol. The maximum Gasteiger partial charge on any atom is 0.214 e. The van der Waals surface area contributed by atoms with Crippen molar-refractivity contribution in [1.29, 1.82) is 0 Å². The zero-order valence-corrected chi connectivity index (χ0v) is 10.5. The first-order valence-corrected chi connectivity index (χ1v) is 5.67. The van der Waals surface area contributed by atoms with Crippen molar-refractivity contribution in [2.75, 3.05) is 5.32 Å². The molecule has 1 aromatic heterocycles. The van der Waals surface area contributed by atoms with Gasteiger partial charge in [0.1, 0.15) is 5.82 Å². The van der Waals surface area contributed by atoms with Gasteiger partial charge in [-0.3, -0.25) is 0 Å². The second-order valence-electron chi connectivity index (χ2n) is 3.55. The Bertz CT molecular complexity index is 558. The number of anilines is 2. The number of hydrogen-bond acceptors (Lipinski definition) is 2. The average molecular weight is 271 g/mol. The minimum atomic E-state index is -0.552. The lowest BCUT2D eigenvalue weighted by atomic mass is 10.2. The molecule has 0 atom stereocenters. The third-order valence-corrected chi connectivity index (χ3v) is 2.95. The predicted molar refractivity (Wildman–Crippen MR) is 68.7 cm³/mol. The number of rotatable bonds is 2. The highest BCUT2D eigenvalue weighted by molar-refractivity contribution is 6.35. The first-order chi connectivity index (χ1) is 8.06. The fourth-order valence-electron chi connectivity index (χ4n) is 1.36. The SMILES string of the molecule is Cc1cc(Cl)c(Nc2cccc(F)n2)cc1Cl. The third-order valence-electron chi connectivity index (χ3n) is 2.23. The summed E-state index contributed by atoms with van der Waals surface area (Å²) >= 11 is 12.0. The van der Waals surface area contributed by atoms with Crippen LogP contribution in [0.2, 0.25) is 10.0 Å². The smallest absolute Gasteiger partial charge is 0.214 e. The quantitative estimate of drug-likeness (QED) is 0.808. The van der Waals surface area contributed by atoms with E-state index >= 15 is 0 Å². The molecule has 0 saturated carbocycles. The van der Waals surface area contributed by atoms with Crippen molar-refractivity contribution < 1.29 is 4.39 Å². The van der Waals surface area contributed by atoms with Crippen LogP contribution in [0.25, 0.3) is 0 Å². The molecule has 2 aromatic rings. The summed E-state index contributed by atoms with van der Waals surface area (Å²) in [6.07, 6.45) is 0. The van der Waals surface area contributed by atoms with Gasteiger partial charge >= 0.3 is 0 Å². The van der Waals surface area contributed by atoms with E-state index in [0.29, 0.717) is 21.6 Å². The molecule has 0 spiro atoms. The minimum Gasteiger partial charge on any atom is -0.339 e. The lowest BCUT2D eigenvalue weighted by Gasteiger charge is -2.09. The first kappa shape index (κ1) is 12.1. The van der Waals surface area contributed by atoms with Crippen molar-refractivity contribution >= 4 is 34.7 Å². The summed E-state index contributed by atoms with van der Waals surface area (Å²) in [5.41, 5.74) is 1.48. The largest absolute Gasteiger partial charge is 0.339 e. The molecule has 0 aliphatic heterocycles. The molecule has 1 aromatic carbocycles. The molecular formula is C12H9Cl2FN2. The standard InChI is InChI=1S/C12H9Cl2FN2/c1-7-5-9(14)10(6-8(7)13)16-12-4-2-3-11(15)17-12/h2-6H,1H3,(H,16,17). The normalized spacial score (nSPS) is 10.4. The lowest BCUT2D eigenvalue weighted by Crippen LogP contribution is -1.96. The summed E-state index contributed by atoms with van der Waals surface area (Å²) in [4.78, 5) is 3.68. The highest BCUT2D eigenvalue weighted by Gasteiger charge is 2.06. The van der Waals surface area contributed by atoms with Crippen LogP contribution >= 0.6 is 23.2 Å². The van der Waals surface area contributed by atoms with Crippen molar-refractivity contribution in [3.05, 3.63) is 51.9 Å². The van der Waals surface area contributed by atoms with Gasteiger partial charge in [-0.25, -0.2) is 4.98 Å². The van der Waals surface area contributed by atoms with Crippen LogP contribution in [-0.2, 0) is 0 Å². The number of nitrogens with one attached hydrogen (secondary N) is 1. The number of aromatic nitrogens is 1. The van der Waals surface area contributed by atoms with Gasteiger partial charge in [-0.1, -0.05) is 29.3 Å². The number of aryl methyl sites for hydroxylation is 1. The number of halogens is 3. The van der Waals surface area contributed by atoms with Gasteiger partial charge in [0.2, 0.25) is 5.95 Å². The summed E-state index contributed by atoms with van der Waals surface area (Å²) < 4.78 is 12.9. The lowest BCUT2D eigenvalue weighted by molar-refractivity contribution is 0.585. The fraction of sp³-hybridized carbons (Fsp3) is 0.0833. The van der Waals surface area contributed by atoms with Crippen molar-refractivity contribution in [2.45, 2.75) is 6.92 Å². The van der Waals surface area contributed by atoms with Crippen LogP contribution in [0, 0.1) is 12.9 Å². The van der Waals surface area contributed by atoms with E-state index in [2.05, 4.69) is 10.3 Å². The number of benzene rings is 1. The summed E-state index contributed by atoms with van der Waals surface area (Å²) in [6.45, 7) is 1.86. The van der Waals surface area contributed by atoms with Crippen molar-refractivity contribution in [3.8, 4) is 0 Å². The van der Waals surface area contributed by atoms with Gasteiger partial charge in [-0.2, -0.15) is 4.39 Å². The summed E-state index contributed by atoms with van der Waals surface area (Å²) in [5.74, 6) is -0.170. The Labute approximate surface area is 108 Å². The number of hydrogen-bond donors (Lipinski definition) is 1. The Balaban J connectivity index is 2.33. The molecule has 0 aliphatic rings. The molecule has 0 saturated heterocycles. The number of pyridine rings is 1. The number of nitrogens with zero attached hydrogens (tertiary/aromatic N) is 1. The van der Waals surface area contributed by atoms with Gasteiger partial charge in [0.15, 0.2) is 0 Å². The van der Waals surface area contributed by atoms with E-state index in [-0.39, 0.29) is 0 Å². The van der Waals surface area contributed by atoms with Crippen LogP contribution in [0.4, 0.5) is 15.9 Å². The van der Waals surface area contributed by atoms with E-state index in [0.717, 1.165) is 5.56 Å². The van der Waals surface area contributed by atoms with E-state index < -0.39 is 5.95 Å². The van der Waals surface area contributed by atoms with Gasteiger partial charge in [0.25, 0.3) is 0 Å². The van der Waals surface area contributed by atoms with E-state index in [1.165, 1.54) is 6.07 Å². The zero-order chi connectivity index (χ0) is 12.4. The molecule has 1 heterocycles. The van der Waals surface area contributed by atoms with Crippen molar-refractivity contribution in [3.63, 3.8) is 0 Å². The predicted octanol–water partition coefficient (Wildman–Crippen LogP) is 4.58. The Morgan fingerprint density at radius 2 is 1.94 bits per heavy atom. The molecule has 2 rings (SSSR count). The Morgan fingerprint density at radius 3 is 2.65 bits per heavy atom. The molecule has 5 heteroatoms. The fourth-order valence-corrected chi connectivity index (χ4v) is 1.79. The maximum absolute atomic E-state index is 12.9.